The molecule has 0 nitrogen and oxygen atoms in total. The number of alkyl halides is 1. The molecular weight excluding hydrogens is 297 g/mol. The Morgan fingerprint density at radius 3 is 2.00 bits per heavy atom. The maximum absolute atomic E-state index is 3.74. The van der Waals surface area contributed by atoms with Gasteiger partial charge < -0.3 is 6.92 Å². The molecule has 0 saturated heterocycles. The minimum absolute atomic E-state index is 1.09. The molecule has 0 N–H and O–H groups in total. The monoisotopic (exact) mass is 306 g/mol. The first kappa shape index (κ1) is 13.2. The molecule has 0 unspecified atom stereocenters. The Kier molecular flexibility index (Phi) is 23.9. The van der Waals surface area contributed by atoms with E-state index >= 15 is 0 Å². The Morgan fingerprint density at radius 2 is 1.67 bits per heavy atom. The summed E-state index contributed by atoms with van der Waals surface area (Å²) in [5, 5.41) is 1.15. The molecule has 0 aromatic heterocycles. The van der Waals surface area contributed by atoms with Crippen molar-refractivity contribution in [3.63, 3.8) is 0 Å². The third-order valence-electron chi connectivity index (χ3n) is 0.884. The topological polar surface area (TPSA) is 0 Å². The molecule has 3 heteroatoms. The molecule has 0 radical (unpaired) electrons. The summed E-state index contributed by atoms with van der Waals surface area (Å²) >= 11 is 7.61. The summed E-state index contributed by atoms with van der Waals surface area (Å²) < 4.78 is 0. The molecule has 0 aromatic carbocycles. The normalized spacial score (nSPS) is 8.11. The second-order valence-corrected chi connectivity index (χ2v) is 2.40. The van der Waals surface area contributed by atoms with Crippen LogP contribution in [-0.4, -0.2) is 5.33 Å². The van der Waals surface area contributed by atoms with Gasteiger partial charge >= 0.3 is 30.0 Å². The molecule has 0 spiro atoms. The third kappa shape index (κ3) is 17.7. The van der Waals surface area contributed by atoms with Gasteiger partial charge in [-0.3, -0.25) is 0 Å². The van der Waals surface area contributed by atoms with Crippen molar-refractivity contribution in [1.82, 2.24) is 0 Å². The molecule has 0 atom stereocenters. The summed E-state index contributed by atoms with van der Waals surface area (Å²) in [6, 6.07) is 0. The van der Waals surface area contributed by atoms with Crippen LogP contribution in [0.25, 0.3) is 0 Å². The third-order valence-corrected chi connectivity index (χ3v) is 1.44. The van der Waals surface area contributed by atoms with E-state index in [9.17, 15) is 0 Å². The van der Waals surface area contributed by atoms with E-state index in [2.05, 4.69) is 36.5 Å². The number of halogens is 2. The van der Waals surface area contributed by atoms with E-state index in [1.807, 2.05) is 0 Å². The van der Waals surface area contributed by atoms with Crippen LogP contribution in [0.2, 0.25) is 0 Å². The Balaban J connectivity index is 0. The van der Waals surface area contributed by atoms with Crippen molar-refractivity contribution in [2.45, 2.75) is 25.7 Å². The van der Waals surface area contributed by atoms with Crippen LogP contribution in [0.5, 0.6) is 0 Å². The van der Waals surface area contributed by atoms with E-state index in [-0.39, 0.29) is 0 Å². The van der Waals surface area contributed by atoms with Gasteiger partial charge in [0.05, 0.1) is 0 Å². The molecule has 0 aliphatic heterocycles. The first-order chi connectivity index (χ1) is 4.41. The van der Waals surface area contributed by atoms with Gasteiger partial charge in [-0.1, -0.05) is 28.8 Å². The maximum atomic E-state index is 3.74. The zero-order valence-corrected chi connectivity index (χ0v) is 11.8. The van der Waals surface area contributed by atoms with Crippen LogP contribution in [0.4, 0.5) is 0 Å². The second kappa shape index (κ2) is 16.3. The van der Waals surface area contributed by atoms with Crippen molar-refractivity contribution < 1.29 is 16.3 Å². The van der Waals surface area contributed by atoms with E-state index in [4.69, 9.17) is 0 Å². The average Bonchev–Trinajstić information content (AvgIpc) is 1.94. The van der Waals surface area contributed by atoms with Gasteiger partial charge in [-0.05, 0) is 6.42 Å². The first-order valence-electron chi connectivity index (χ1n) is 3.03. The van der Waals surface area contributed by atoms with Gasteiger partial charge in [-0.2, -0.15) is 6.42 Å². The van der Waals surface area contributed by atoms with E-state index in [0.717, 1.165) is 11.8 Å². The quantitative estimate of drug-likeness (QED) is 0.322. The molecule has 9 heavy (non-hydrogen) atoms. The fourth-order valence-electron chi connectivity index (χ4n) is 0.448. The van der Waals surface area contributed by atoms with E-state index in [1.165, 1.54) is 35.6 Å². The Bertz CT molecular complexity index is 30.2. The van der Waals surface area contributed by atoms with Crippen LogP contribution >= 0.6 is 29.6 Å². The van der Waals surface area contributed by atoms with Gasteiger partial charge in [-0.15, -0.1) is 0 Å². The molecular formula is C6H12Br2Zn. The van der Waals surface area contributed by atoms with Crippen molar-refractivity contribution in [3.05, 3.63) is 6.92 Å². The van der Waals surface area contributed by atoms with Crippen molar-refractivity contribution in [2.24, 2.45) is 0 Å². The van der Waals surface area contributed by atoms with Gasteiger partial charge in [0.15, 0.2) is 0 Å². The molecule has 0 aliphatic rings. The molecule has 0 aromatic rings. The average molecular weight is 309 g/mol. The number of hydrogen-bond donors (Lipinski definition) is 0. The van der Waals surface area contributed by atoms with Crippen molar-refractivity contribution in [1.29, 1.82) is 0 Å². The number of unbranched alkanes of at least 4 members (excludes halogenated alkanes) is 3. The Hall–Kier alpha value is 1.58. The summed E-state index contributed by atoms with van der Waals surface area (Å²) in [4.78, 5) is 0. The Morgan fingerprint density at radius 1 is 1.11 bits per heavy atom. The van der Waals surface area contributed by atoms with Crippen LogP contribution in [0, 0.1) is 6.92 Å². The molecule has 0 bridgehead atoms. The van der Waals surface area contributed by atoms with Crippen LogP contribution < -0.4 is 0 Å². The van der Waals surface area contributed by atoms with E-state index in [1.54, 1.807) is 0 Å². The molecule has 0 aliphatic carbocycles. The van der Waals surface area contributed by atoms with Crippen LogP contribution in [0.3, 0.4) is 0 Å². The molecule has 52 valence electrons. The van der Waals surface area contributed by atoms with Gasteiger partial charge in [0.25, 0.3) is 0 Å². The van der Waals surface area contributed by atoms with Crippen LogP contribution in [-0.2, 0) is 16.3 Å². The zero-order chi connectivity index (χ0) is 7.54. The minimum atomic E-state index is 1.09. The molecule has 0 rings (SSSR count). The predicted molar refractivity (Wildman–Crippen MR) is 46.5 cm³/mol. The van der Waals surface area contributed by atoms with Crippen LogP contribution in [0.1, 0.15) is 25.7 Å². The SMILES string of the molecule is [CH2-]CCCCCBr.[Zn+][Br]. The Labute approximate surface area is 83.3 Å². The second-order valence-electron chi connectivity index (χ2n) is 1.60. The van der Waals surface area contributed by atoms with Crippen molar-refractivity contribution >= 4 is 29.6 Å². The van der Waals surface area contributed by atoms with Crippen molar-refractivity contribution in [2.75, 3.05) is 5.33 Å². The summed E-state index contributed by atoms with van der Waals surface area (Å²) in [5.41, 5.74) is 0. The van der Waals surface area contributed by atoms with Crippen molar-refractivity contribution in [3.8, 4) is 0 Å². The van der Waals surface area contributed by atoms with E-state index < -0.39 is 0 Å². The number of rotatable bonds is 4. The van der Waals surface area contributed by atoms with Crippen LogP contribution in [0.15, 0.2) is 0 Å². The molecule has 0 amide bonds. The fourth-order valence-corrected chi connectivity index (χ4v) is 0.845. The summed E-state index contributed by atoms with van der Waals surface area (Å²) in [7, 11) is 0. The zero-order valence-electron chi connectivity index (χ0n) is 5.71. The van der Waals surface area contributed by atoms with Gasteiger partial charge in [0.1, 0.15) is 0 Å². The molecule has 0 fully saturated rings. The summed E-state index contributed by atoms with van der Waals surface area (Å²) in [6.07, 6.45) is 5.00. The standard InChI is InChI=1S/C6H12Br.BrH.Zn/c1-2-3-4-5-6-7;;/h1-6H2;1H;/q-1;;+2/p-1. The van der Waals surface area contributed by atoms with Gasteiger partial charge in [0, 0.05) is 5.33 Å². The van der Waals surface area contributed by atoms with E-state index in [0.29, 0.717) is 0 Å². The number of hydrogen-bond acceptors (Lipinski definition) is 0. The molecule has 0 saturated carbocycles. The van der Waals surface area contributed by atoms with Gasteiger partial charge in [0.2, 0.25) is 0 Å². The predicted octanol–water partition coefficient (Wildman–Crippen LogP) is 3.62. The summed E-state index contributed by atoms with van der Waals surface area (Å²) in [6.45, 7) is 3.74. The summed E-state index contributed by atoms with van der Waals surface area (Å²) in [5.74, 6) is 0. The molecule has 0 heterocycles. The fraction of sp³-hybridized carbons (Fsp3) is 0.833. The van der Waals surface area contributed by atoms with Gasteiger partial charge in [-0.25, -0.2) is 0 Å². The first-order valence-corrected chi connectivity index (χ1v) is 11.1.